The number of aliphatic imine (C=N–C) groups is 1. The first-order valence-electron chi connectivity index (χ1n) is 9.05. The van der Waals surface area contributed by atoms with Gasteiger partial charge < -0.3 is 20.5 Å². The third-order valence-electron chi connectivity index (χ3n) is 3.83. The highest BCUT2D eigenvalue weighted by atomic mass is 127. The molecular weight excluding hydrogens is 501 g/mol. The molecule has 1 aliphatic carbocycles. The van der Waals surface area contributed by atoms with Gasteiger partial charge >= 0.3 is 0 Å². The number of guanidine groups is 1. The van der Waals surface area contributed by atoms with Crippen molar-refractivity contribution >= 4 is 51.1 Å². The summed E-state index contributed by atoms with van der Waals surface area (Å²) in [6, 6.07) is 3.23. The normalized spacial score (nSPS) is 15.9. The van der Waals surface area contributed by atoms with Crippen LogP contribution < -0.4 is 10.6 Å². The first kappa shape index (κ1) is 24.6. The molecule has 0 aliphatic heterocycles. The maximum Gasteiger partial charge on any atom is 0.191 e. The fourth-order valence-corrected chi connectivity index (χ4v) is 4.75. The van der Waals surface area contributed by atoms with Gasteiger partial charge in [0.2, 0.25) is 0 Å². The summed E-state index contributed by atoms with van der Waals surface area (Å²) in [5.41, 5.74) is 0. The van der Waals surface area contributed by atoms with Crippen LogP contribution in [-0.4, -0.2) is 64.2 Å². The standard InChI is InChI=1S/C17H29N3O4S2.HI/c1-2-18-17(19-8-4-9-24-12-14-6-7-14)20-11-15(21)13-26(22,23)16-5-3-10-25-16;/h3,5,10,14-15,21H,2,4,6-9,11-13H2,1H3,(H2,18,19,20);1H. The van der Waals surface area contributed by atoms with Crippen LogP contribution in [-0.2, 0) is 14.6 Å². The predicted octanol–water partition coefficient (Wildman–Crippen LogP) is 1.87. The molecule has 2 rings (SSSR count). The van der Waals surface area contributed by atoms with Gasteiger partial charge in [-0.05, 0) is 43.6 Å². The Balaban J connectivity index is 0.00000364. The van der Waals surface area contributed by atoms with E-state index in [9.17, 15) is 13.5 Å². The van der Waals surface area contributed by atoms with Crippen LogP contribution in [0, 0.1) is 5.92 Å². The molecule has 0 bridgehead atoms. The van der Waals surface area contributed by atoms with Gasteiger partial charge in [-0.3, -0.25) is 4.99 Å². The highest BCUT2D eigenvalue weighted by Gasteiger charge is 2.21. The zero-order chi connectivity index (χ0) is 18.8. The summed E-state index contributed by atoms with van der Waals surface area (Å²) < 4.78 is 30.2. The van der Waals surface area contributed by atoms with Crippen LogP contribution in [0.3, 0.4) is 0 Å². The molecule has 1 aromatic heterocycles. The Morgan fingerprint density at radius 3 is 2.85 bits per heavy atom. The van der Waals surface area contributed by atoms with Crippen LogP contribution in [0.15, 0.2) is 26.7 Å². The number of nitrogens with zero attached hydrogens (tertiary/aromatic N) is 1. The number of rotatable bonds is 12. The largest absolute Gasteiger partial charge is 0.390 e. The Kier molecular flexibility index (Phi) is 11.8. The van der Waals surface area contributed by atoms with Crippen molar-refractivity contribution in [3.8, 4) is 0 Å². The first-order chi connectivity index (χ1) is 12.5. The number of aliphatic hydroxyl groups is 1. The van der Waals surface area contributed by atoms with Crippen molar-refractivity contribution in [1.29, 1.82) is 0 Å². The number of hydrogen-bond donors (Lipinski definition) is 3. The zero-order valence-electron chi connectivity index (χ0n) is 15.6. The molecule has 0 saturated heterocycles. The maximum absolute atomic E-state index is 12.2. The van der Waals surface area contributed by atoms with E-state index >= 15 is 0 Å². The quantitative estimate of drug-likeness (QED) is 0.165. The minimum absolute atomic E-state index is 0. The Bertz CT molecular complexity index is 649. The number of ether oxygens (including phenoxy) is 1. The van der Waals surface area contributed by atoms with E-state index < -0.39 is 15.9 Å². The van der Waals surface area contributed by atoms with E-state index in [0.717, 1.165) is 30.3 Å². The topological polar surface area (TPSA) is 100 Å². The molecule has 0 amide bonds. The van der Waals surface area contributed by atoms with E-state index in [2.05, 4.69) is 15.6 Å². The number of hydrogen-bond acceptors (Lipinski definition) is 6. The molecule has 0 radical (unpaired) electrons. The monoisotopic (exact) mass is 531 g/mol. The van der Waals surface area contributed by atoms with E-state index in [-0.39, 0.29) is 40.5 Å². The molecule has 7 nitrogen and oxygen atoms in total. The Morgan fingerprint density at radius 1 is 1.44 bits per heavy atom. The fourth-order valence-electron chi connectivity index (χ4n) is 2.28. The number of aliphatic hydroxyl groups excluding tert-OH is 1. The van der Waals surface area contributed by atoms with Gasteiger partial charge in [0, 0.05) is 26.3 Å². The molecule has 1 atom stereocenters. The van der Waals surface area contributed by atoms with Crippen molar-refractivity contribution in [2.75, 3.05) is 38.6 Å². The maximum atomic E-state index is 12.2. The summed E-state index contributed by atoms with van der Waals surface area (Å²) in [5, 5.41) is 18.0. The lowest BCUT2D eigenvalue weighted by atomic mass is 10.4. The van der Waals surface area contributed by atoms with Gasteiger partial charge in [-0.2, -0.15) is 0 Å². The Hall–Kier alpha value is -0.430. The van der Waals surface area contributed by atoms with Crippen molar-refractivity contribution in [2.24, 2.45) is 10.9 Å². The zero-order valence-corrected chi connectivity index (χ0v) is 19.6. The van der Waals surface area contributed by atoms with Crippen LogP contribution in [0.5, 0.6) is 0 Å². The summed E-state index contributed by atoms with van der Waals surface area (Å²) in [6.45, 7) is 4.95. The van der Waals surface area contributed by atoms with Gasteiger partial charge in [0.1, 0.15) is 4.21 Å². The summed E-state index contributed by atoms with van der Waals surface area (Å²) in [4.78, 5) is 4.28. The van der Waals surface area contributed by atoms with Gasteiger partial charge in [-0.25, -0.2) is 8.42 Å². The Morgan fingerprint density at radius 2 is 2.22 bits per heavy atom. The van der Waals surface area contributed by atoms with Crippen LogP contribution >= 0.6 is 35.3 Å². The molecule has 1 fully saturated rings. The Labute approximate surface area is 182 Å². The predicted molar refractivity (Wildman–Crippen MR) is 120 cm³/mol. The second-order valence-corrected chi connectivity index (χ2v) is 9.59. The van der Waals surface area contributed by atoms with Crippen LogP contribution in [0.4, 0.5) is 0 Å². The lowest BCUT2D eigenvalue weighted by molar-refractivity contribution is 0.123. The number of halogens is 1. The van der Waals surface area contributed by atoms with Crippen LogP contribution in [0.1, 0.15) is 26.2 Å². The molecule has 3 N–H and O–H groups in total. The molecule has 27 heavy (non-hydrogen) atoms. The van der Waals surface area contributed by atoms with E-state index in [1.54, 1.807) is 17.5 Å². The summed E-state index contributed by atoms with van der Waals surface area (Å²) in [6.07, 6.45) is 2.41. The summed E-state index contributed by atoms with van der Waals surface area (Å²) in [5.74, 6) is 1.02. The molecule has 0 aromatic carbocycles. The van der Waals surface area contributed by atoms with E-state index in [4.69, 9.17) is 4.74 Å². The highest BCUT2D eigenvalue weighted by molar-refractivity contribution is 14.0. The van der Waals surface area contributed by atoms with Crippen molar-refractivity contribution < 1.29 is 18.3 Å². The molecule has 156 valence electrons. The second-order valence-electron chi connectivity index (χ2n) is 6.39. The highest BCUT2D eigenvalue weighted by Crippen LogP contribution is 2.28. The fraction of sp³-hybridized carbons (Fsp3) is 0.706. The third kappa shape index (κ3) is 10.1. The van der Waals surface area contributed by atoms with E-state index in [0.29, 0.717) is 25.7 Å². The molecule has 1 aromatic rings. The van der Waals surface area contributed by atoms with Crippen LogP contribution in [0.2, 0.25) is 0 Å². The molecule has 10 heteroatoms. The molecule has 1 heterocycles. The number of nitrogens with one attached hydrogen (secondary N) is 2. The lowest BCUT2D eigenvalue weighted by Gasteiger charge is -2.13. The molecule has 1 unspecified atom stereocenters. The van der Waals surface area contributed by atoms with Gasteiger partial charge in [0.05, 0.1) is 18.4 Å². The SMILES string of the molecule is CCNC(=NCC(O)CS(=O)(=O)c1cccs1)NCCCOCC1CC1.I. The second kappa shape index (κ2) is 12.9. The van der Waals surface area contributed by atoms with Gasteiger partial charge in [-0.1, -0.05) is 6.07 Å². The molecular formula is C17H30IN3O4S2. The number of sulfone groups is 1. The lowest BCUT2D eigenvalue weighted by Crippen LogP contribution is -2.39. The van der Waals surface area contributed by atoms with Gasteiger partial charge in [-0.15, -0.1) is 35.3 Å². The van der Waals surface area contributed by atoms with E-state index in [1.165, 1.54) is 12.8 Å². The van der Waals surface area contributed by atoms with Crippen molar-refractivity contribution in [1.82, 2.24) is 10.6 Å². The van der Waals surface area contributed by atoms with Crippen molar-refractivity contribution in [3.63, 3.8) is 0 Å². The van der Waals surface area contributed by atoms with Crippen LogP contribution in [0.25, 0.3) is 0 Å². The average Bonchev–Trinajstić information content (AvgIpc) is 3.23. The molecule has 1 aliphatic rings. The third-order valence-corrected chi connectivity index (χ3v) is 7.11. The minimum atomic E-state index is -3.46. The smallest absolute Gasteiger partial charge is 0.191 e. The van der Waals surface area contributed by atoms with Gasteiger partial charge in [0.25, 0.3) is 0 Å². The van der Waals surface area contributed by atoms with E-state index in [1.807, 2.05) is 6.92 Å². The van der Waals surface area contributed by atoms with Crippen molar-refractivity contribution in [2.45, 2.75) is 36.5 Å². The summed E-state index contributed by atoms with van der Waals surface area (Å²) >= 11 is 1.16. The first-order valence-corrected chi connectivity index (χ1v) is 11.6. The summed E-state index contributed by atoms with van der Waals surface area (Å²) in [7, 11) is -3.46. The minimum Gasteiger partial charge on any atom is -0.390 e. The molecule has 0 spiro atoms. The average molecular weight is 531 g/mol. The molecule has 1 saturated carbocycles. The van der Waals surface area contributed by atoms with Gasteiger partial charge in [0.15, 0.2) is 15.8 Å². The van der Waals surface area contributed by atoms with Crippen molar-refractivity contribution in [3.05, 3.63) is 17.5 Å². The number of thiophene rings is 1.